The molecule has 372 valence electrons. The Hall–Kier alpha value is -6.82. The van der Waals surface area contributed by atoms with Crippen LogP contribution in [0.1, 0.15) is 74.8 Å². The van der Waals surface area contributed by atoms with Crippen molar-refractivity contribution in [1.82, 2.24) is 40.6 Å². The van der Waals surface area contributed by atoms with Gasteiger partial charge in [-0.1, -0.05) is 30.3 Å². The van der Waals surface area contributed by atoms with Crippen molar-refractivity contribution in [2.45, 2.75) is 49.6 Å². The predicted molar refractivity (Wildman–Crippen MR) is 261 cm³/mol. The lowest BCUT2D eigenvalue weighted by molar-refractivity contribution is -0.136. The zero-order chi connectivity index (χ0) is 49.7. The van der Waals surface area contributed by atoms with E-state index in [0.717, 1.165) is 48.9 Å². The van der Waals surface area contributed by atoms with E-state index >= 15 is 0 Å². The monoisotopic (exact) mass is 989 g/mol. The molecule has 22 heteroatoms. The van der Waals surface area contributed by atoms with Gasteiger partial charge >= 0.3 is 5.97 Å². The summed E-state index contributed by atoms with van der Waals surface area (Å²) in [5.74, 6) is -1.35. The predicted octanol–water partition coefficient (Wildman–Crippen LogP) is 3.25. The van der Waals surface area contributed by atoms with Crippen molar-refractivity contribution < 1.29 is 47.7 Å². The molecule has 71 heavy (non-hydrogen) atoms. The maximum Gasteiger partial charge on any atom is 0.339 e. The number of piperazine rings is 1. The van der Waals surface area contributed by atoms with Crippen LogP contribution >= 0.6 is 12.6 Å². The van der Waals surface area contributed by atoms with Crippen molar-refractivity contribution in [3.05, 3.63) is 107 Å². The highest BCUT2D eigenvalue weighted by Crippen LogP contribution is 2.39. The number of rotatable bonds is 21. The summed E-state index contributed by atoms with van der Waals surface area (Å²) in [5, 5.41) is 31.1. The van der Waals surface area contributed by atoms with Crippen LogP contribution in [0.4, 0.5) is 23.1 Å². The van der Waals surface area contributed by atoms with Gasteiger partial charge in [-0.3, -0.25) is 34.3 Å². The second-order valence-electron chi connectivity index (χ2n) is 18.0. The van der Waals surface area contributed by atoms with Crippen LogP contribution in [-0.4, -0.2) is 150 Å². The van der Waals surface area contributed by atoms with Gasteiger partial charge in [-0.05, 0) is 62.2 Å². The van der Waals surface area contributed by atoms with Gasteiger partial charge in [0.1, 0.15) is 22.3 Å². The van der Waals surface area contributed by atoms with E-state index in [1.165, 1.54) is 0 Å². The number of anilines is 4. The summed E-state index contributed by atoms with van der Waals surface area (Å²) in [6, 6.07) is 18.8. The third-order valence-corrected chi connectivity index (χ3v) is 13.3. The van der Waals surface area contributed by atoms with Crippen molar-refractivity contribution in [2.75, 3.05) is 94.4 Å². The molecule has 0 radical (unpaired) electrons. The Morgan fingerprint density at radius 2 is 1.63 bits per heavy atom. The van der Waals surface area contributed by atoms with Gasteiger partial charge in [0.25, 0.3) is 17.7 Å². The van der Waals surface area contributed by atoms with Crippen LogP contribution in [0.3, 0.4) is 0 Å². The van der Waals surface area contributed by atoms with Crippen LogP contribution in [0.25, 0.3) is 11.5 Å². The number of amides is 4. The van der Waals surface area contributed by atoms with Crippen molar-refractivity contribution >= 4 is 65.4 Å². The second-order valence-corrected chi connectivity index (χ2v) is 18.7. The number of esters is 1. The lowest BCUT2D eigenvalue weighted by Gasteiger charge is -2.36. The van der Waals surface area contributed by atoms with E-state index in [0.29, 0.717) is 74.2 Å². The van der Waals surface area contributed by atoms with Gasteiger partial charge in [-0.25, -0.2) is 9.78 Å². The molecule has 9 rings (SSSR count). The van der Waals surface area contributed by atoms with Crippen LogP contribution in [0.15, 0.2) is 77.3 Å². The number of carbonyl (C=O) groups excluding carboxylic acids is 5. The van der Waals surface area contributed by atoms with Crippen molar-refractivity contribution in [3.63, 3.8) is 0 Å². The summed E-state index contributed by atoms with van der Waals surface area (Å²) in [5.41, 5.74) is 3.58. The SMILES string of the molecule is CC1(C)OC(=O)c2ccc(Nc3ncc(-c4nnc(CCNCCOCCOCCN5CCN(c6ccc7c(c6)C(=O)N(C6CCC(=O)NC6=O)C7=O)CC5)o4)c(N[C@@](S)(CO)c4ccccc4)n3)cc21. The number of hydrogen-bond donors (Lipinski definition) is 6. The molecule has 2 saturated heterocycles. The summed E-state index contributed by atoms with van der Waals surface area (Å²) in [7, 11) is 0. The molecule has 1 unspecified atom stereocenters. The Morgan fingerprint density at radius 1 is 0.873 bits per heavy atom. The second kappa shape index (κ2) is 21.3. The minimum Gasteiger partial charge on any atom is -0.451 e. The number of imide groups is 2. The topological polar surface area (TPSA) is 256 Å². The molecular formula is C49H55N11O10S. The number of aliphatic hydroxyl groups is 1. The van der Waals surface area contributed by atoms with Crippen LogP contribution in [0, 0.1) is 0 Å². The van der Waals surface area contributed by atoms with Gasteiger partial charge in [0.2, 0.25) is 23.7 Å². The number of aliphatic hydroxyl groups excluding tert-OH is 1. The average Bonchev–Trinajstić information content (AvgIpc) is 4.01. The van der Waals surface area contributed by atoms with Crippen LogP contribution in [0.5, 0.6) is 0 Å². The number of aromatic nitrogens is 4. The fourth-order valence-electron chi connectivity index (χ4n) is 8.90. The van der Waals surface area contributed by atoms with Crippen molar-refractivity contribution in [2.24, 2.45) is 0 Å². The smallest absolute Gasteiger partial charge is 0.339 e. The van der Waals surface area contributed by atoms with E-state index in [1.807, 2.05) is 56.3 Å². The molecule has 0 bridgehead atoms. The summed E-state index contributed by atoms with van der Waals surface area (Å²) >= 11 is 4.84. The molecule has 5 aromatic rings. The highest BCUT2D eigenvalue weighted by molar-refractivity contribution is 7.81. The van der Waals surface area contributed by atoms with Crippen LogP contribution < -0.4 is 26.2 Å². The van der Waals surface area contributed by atoms with Gasteiger partial charge in [0.15, 0.2) is 0 Å². The number of nitrogens with one attached hydrogen (secondary N) is 4. The van der Waals surface area contributed by atoms with Crippen LogP contribution in [-0.2, 0) is 40.7 Å². The molecule has 4 aliphatic rings. The molecule has 2 fully saturated rings. The van der Waals surface area contributed by atoms with E-state index in [2.05, 4.69) is 46.2 Å². The number of thiol groups is 1. The Morgan fingerprint density at radius 3 is 2.41 bits per heavy atom. The third kappa shape index (κ3) is 10.9. The molecule has 21 nitrogen and oxygen atoms in total. The van der Waals surface area contributed by atoms with Gasteiger partial charge in [-0.2, -0.15) is 4.98 Å². The largest absolute Gasteiger partial charge is 0.451 e. The minimum absolute atomic E-state index is 0.0751. The zero-order valence-corrected chi connectivity index (χ0v) is 40.2. The van der Waals surface area contributed by atoms with Gasteiger partial charge in [0, 0.05) is 81.8 Å². The third-order valence-electron chi connectivity index (χ3n) is 12.8. The number of hydrogen-bond acceptors (Lipinski definition) is 20. The van der Waals surface area contributed by atoms with E-state index in [1.54, 1.807) is 30.5 Å². The summed E-state index contributed by atoms with van der Waals surface area (Å²) in [4.78, 5) is 76.3. The maximum absolute atomic E-state index is 13.3. The Balaban J connectivity index is 0.687. The molecule has 4 amide bonds. The lowest BCUT2D eigenvalue weighted by Crippen LogP contribution is -2.54. The summed E-state index contributed by atoms with van der Waals surface area (Å²) in [6.07, 6.45) is 2.19. The van der Waals surface area contributed by atoms with Gasteiger partial charge < -0.3 is 44.6 Å². The first kappa shape index (κ1) is 49.2. The van der Waals surface area contributed by atoms with Gasteiger partial charge in [-0.15, -0.1) is 22.8 Å². The lowest BCUT2D eigenvalue weighted by atomic mass is 9.95. The number of benzene rings is 3. The number of nitrogens with zero attached hydrogens (tertiary/aromatic N) is 7. The van der Waals surface area contributed by atoms with E-state index in [4.69, 9.17) is 36.2 Å². The van der Waals surface area contributed by atoms with E-state index < -0.39 is 40.1 Å². The molecule has 0 aliphatic carbocycles. The number of ether oxygens (including phenoxy) is 3. The highest BCUT2D eigenvalue weighted by atomic mass is 32.1. The summed E-state index contributed by atoms with van der Waals surface area (Å²) < 4.78 is 23.2. The minimum atomic E-state index is -1.24. The van der Waals surface area contributed by atoms with E-state index in [-0.39, 0.29) is 54.2 Å². The van der Waals surface area contributed by atoms with Crippen molar-refractivity contribution in [3.8, 4) is 11.5 Å². The fourth-order valence-corrected chi connectivity index (χ4v) is 9.16. The van der Waals surface area contributed by atoms with E-state index in [9.17, 15) is 29.1 Å². The first-order chi connectivity index (χ1) is 34.3. The molecule has 6 heterocycles. The van der Waals surface area contributed by atoms with Crippen LogP contribution in [0.2, 0.25) is 0 Å². The number of cyclic esters (lactones) is 1. The zero-order valence-electron chi connectivity index (χ0n) is 39.3. The Labute approximate surface area is 414 Å². The molecule has 0 saturated carbocycles. The molecule has 0 spiro atoms. The number of fused-ring (bicyclic) bond motifs is 2. The number of piperidine rings is 1. The first-order valence-corrected chi connectivity index (χ1v) is 24.0. The van der Waals surface area contributed by atoms with Crippen molar-refractivity contribution in [1.29, 1.82) is 0 Å². The average molecular weight is 990 g/mol. The molecule has 2 atom stereocenters. The Bertz CT molecular complexity index is 2800. The maximum atomic E-state index is 13.3. The Kier molecular flexibility index (Phi) is 14.7. The standard InChI is InChI=1S/C49H55N11O10S/c1-48(2)37-26-31(8-10-34(37)46(66)70-48)52-47-51-28-36(41(54-47)55-49(71,29-61)30-6-4-3-5-7-30)43-57-56-40(69-43)14-15-50-16-22-67-24-25-68-23-21-58-17-19-59(20-18-58)32-9-11-33-35(27-32)45(65)60(44(33)64)38-12-13-39(62)53-42(38)63/h3-11,26-28,38,50,61,71H,12-25,29H2,1-2H3,(H,53,62,63)(H2,51,52,54,55)/t38?,49-/m1/s1. The first-order valence-electron chi connectivity index (χ1n) is 23.5. The van der Waals surface area contributed by atoms with Gasteiger partial charge in [0.05, 0.1) is 55.3 Å². The molecule has 4 aliphatic heterocycles. The number of carbonyl (C=O) groups is 5. The molecule has 3 aromatic carbocycles. The fraction of sp³-hybridized carbons (Fsp3) is 0.408. The molecule has 2 aromatic heterocycles. The summed E-state index contributed by atoms with van der Waals surface area (Å²) in [6.45, 7) is 10.2. The highest BCUT2D eigenvalue weighted by Gasteiger charge is 2.45. The quantitative estimate of drug-likeness (QED) is 0.0203. The molecule has 5 N–H and O–H groups in total. The molecular weight excluding hydrogens is 935 g/mol. The normalized spacial score (nSPS) is 18.5.